The average Bonchev–Trinajstić information content (AvgIpc) is 3.00. The number of esters is 2. The Morgan fingerprint density at radius 1 is 0.630 bits per heavy atom. The molecule has 46 heavy (non-hydrogen) atoms. The van der Waals surface area contributed by atoms with Crippen LogP contribution in [0.3, 0.4) is 0 Å². The standard InChI is InChI=1S/C38H71NO7/c1-6-8-10-12-14-16-18-20-22-24-26-28-36(40)45-33-34(32-44-31-30-35(38(42)43)39(3,4)5)46-37(41)29-27-25-23-21-19-17-15-13-11-9-7-2/h13,15,34-35H,6-12,14,16-33H2,1-5H3/b15-13-. The predicted octanol–water partition coefficient (Wildman–Crippen LogP) is 7.85. The second kappa shape index (κ2) is 30.4. The zero-order chi connectivity index (χ0) is 34.3. The van der Waals surface area contributed by atoms with Crippen molar-refractivity contribution in [1.29, 1.82) is 0 Å². The van der Waals surface area contributed by atoms with E-state index < -0.39 is 18.1 Å². The number of carboxylic acid groups (broad SMARTS) is 1. The highest BCUT2D eigenvalue weighted by molar-refractivity contribution is 5.70. The Morgan fingerprint density at radius 2 is 1.11 bits per heavy atom. The third-order valence-corrected chi connectivity index (χ3v) is 8.40. The number of unbranched alkanes of at least 4 members (excludes halogenated alkanes) is 17. The van der Waals surface area contributed by atoms with Gasteiger partial charge in [0.1, 0.15) is 12.6 Å². The summed E-state index contributed by atoms with van der Waals surface area (Å²) in [6.07, 6.45) is 28.0. The maximum Gasteiger partial charge on any atom is 0.306 e. The molecule has 0 amide bonds. The number of ether oxygens (including phenoxy) is 3. The maximum atomic E-state index is 12.6. The average molecular weight is 654 g/mol. The third-order valence-electron chi connectivity index (χ3n) is 8.40. The molecule has 0 aliphatic carbocycles. The Morgan fingerprint density at radius 3 is 1.63 bits per heavy atom. The summed E-state index contributed by atoms with van der Waals surface area (Å²) in [7, 11) is 5.39. The van der Waals surface area contributed by atoms with Crippen molar-refractivity contribution in [1.82, 2.24) is 0 Å². The van der Waals surface area contributed by atoms with Crippen LogP contribution in [0.1, 0.15) is 162 Å². The molecule has 0 saturated heterocycles. The Labute approximate surface area is 282 Å². The fourth-order valence-corrected chi connectivity index (χ4v) is 5.40. The minimum atomic E-state index is -1.13. The maximum absolute atomic E-state index is 12.6. The molecule has 270 valence electrons. The summed E-state index contributed by atoms with van der Waals surface area (Å²) in [4.78, 5) is 36.5. The van der Waals surface area contributed by atoms with Crippen LogP contribution < -0.4 is 5.11 Å². The lowest BCUT2D eigenvalue weighted by Gasteiger charge is -2.34. The Hall–Kier alpha value is -1.93. The number of nitrogens with zero attached hydrogens (tertiary/aromatic N) is 1. The van der Waals surface area contributed by atoms with Gasteiger partial charge in [-0.15, -0.1) is 0 Å². The van der Waals surface area contributed by atoms with Crippen molar-refractivity contribution in [2.75, 3.05) is 41.0 Å². The van der Waals surface area contributed by atoms with Gasteiger partial charge < -0.3 is 28.6 Å². The first-order chi connectivity index (χ1) is 22.1. The molecule has 2 atom stereocenters. The van der Waals surface area contributed by atoms with E-state index in [9.17, 15) is 19.5 Å². The van der Waals surface area contributed by atoms with E-state index in [1.54, 1.807) is 21.1 Å². The van der Waals surface area contributed by atoms with Gasteiger partial charge in [0.25, 0.3) is 0 Å². The van der Waals surface area contributed by atoms with Crippen LogP contribution in [0.25, 0.3) is 0 Å². The fourth-order valence-electron chi connectivity index (χ4n) is 5.40. The molecule has 0 bridgehead atoms. The summed E-state index contributed by atoms with van der Waals surface area (Å²) in [5.41, 5.74) is 0. The molecule has 0 rings (SSSR count). The molecule has 0 aliphatic rings. The van der Waals surface area contributed by atoms with Crippen LogP contribution in [0.15, 0.2) is 12.2 Å². The summed E-state index contributed by atoms with van der Waals surface area (Å²) >= 11 is 0. The summed E-state index contributed by atoms with van der Waals surface area (Å²) in [5.74, 6) is -1.74. The number of aliphatic carboxylic acids is 1. The van der Waals surface area contributed by atoms with Crippen LogP contribution >= 0.6 is 0 Å². The second-order valence-electron chi connectivity index (χ2n) is 13.8. The molecule has 0 N–H and O–H groups in total. The van der Waals surface area contributed by atoms with Crippen molar-refractivity contribution < 1.29 is 38.2 Å². The third kappa shape index (κ3) is 28.3. The van der Waals surface area contributed by atoms with Crippen molar-refractivity contribution >= 4 is 17.9 Å². The van der Waals surface area contributed by atoms with Gasteiger partial charge in [-0.05, 0) is 32.1 Å². The first-order valence-electron chi connectivity index (χ1n) is 18.7. The highest BCUT2D eigenvalue weighted by Gasteiger charge is 2.25. The molecule has 0 aromatic carbocycles. The van der Waals surface area contributed by atoms with Crippen LogP contribution in [0, 0.1) is 0 Å². The normalized spacial score (nSPS) is 13.2. The van der Waals surface area contributed by atoms with Crippen molar-refractivity contribution in [3.05, 3.63) is 12.2 Å². The van der Waals surface area contributed by atoms with Crippen LogP contribution in [-0.4, -0.2) is 75.5 Å². The van der Waals surface area contributed by atoms with E-state index in [1.165, 1.54) is 77.0 Å². The lowest BCUT2D eigenvalue weighted by atomic mass is 10.1. The van der Waals surface area contributed by atoms with Crippen LogP contribution in [0.4, 0.5) is 0 Å². The summed E-state index contributed by atoms with van der Waals surface area (Å²) < 4.78 is 17.0. The molecule has 0 aromatic heterocycles. The number of carbonyl (C=O) groups is 3. The molecule has 0 aromatic rings. The minimum Gasteiger partial charge on any atom is -0.544 e. The Bertz CT molecular complexity index is 778. The number of carboxylic acids is 1. The first kappa shape index (κ1) is 44.1. The van der Waals surface area contributed by atoms with Crippen LogP contribution in [0.5, 0.6) is 0 Å². The first-order valence-corrected chi connectivity index (χ1v) is 18.7. The zero-order valence-electron chi connectivity index (χ0n) is 30.5. The number of hydrogen-bond donors (Lipinski definition) is 0. The molecule has 0 spiro atoms. The number of likely N-dealkylation sites (N-methyl/N-ethyl adjacent to an activating group) is 1. The van der Waals surface area contributed by atoms with Gasteiger partial charge in [0, 0.05) is 19.3 Å². The van der Waals surface area contributed by atoms with E-state index in [0.717, 1.165) is 51.4 Å². The van der Waals surface area contributed by atoms with Crippen LogP contribution in [0.2, 0.25) is 0 Å². The molecular weight excluding hydrogens is 582 g/mol. The highest BCUT2D eigenvalue weighted by atomic mass is 16.6. The summed E-state index contributed by atoms with van der Waals surface area (Å²) in [5, 5.41) is 11.6. The van der Waals surface area contributed by atoms with Gasteiger partial charge in [-0.2, -0.15) is 0 Å². The molecule has 8 heteroatoms. The van der Waals surface area contributed by atoms with E-state index in [0.29, 0.717) is 12.8 Å². The molecule has 0 saturated carbocycles. The summed E-state index contributed by atoms with van der Waals surface area (Å²) in [6.45, 7) is 4.60. The van der Waals surface area contributed by atoms with Crippen molar-refractivity contribution in [3.63, 3.8) is 0 Å². The number of quaternary nitrogens is 1. The number of rotatable bonds is 33. The molecule has 8 nitrogen and oxygen atoms in total. The second-order valence-corrected chi connectivity index (χ2v) is 13.8. The molecule has 2 unspecified atom stereocenters. The fraction of sp³-hybridized carbons (Fsp3) is 0.868. The topological polar surface area (TPSA) is 102 Å². The molecule has 0 fully saturated rings. The quantitative estimate of drug-likeness (QED) is 0.0308. The van der Waals surface area contributed by atoms with E-state index in [1.807, 2.05) is 0 Å². The van der Waals surface area contributed by atoms with E-state index in [-0.39, 0.29) is 42.7 Å². The number of hydrogen-bond acceptors (Lipinski definition) is 7. The Kier molecular flexibility index (Phi) is 29.1. The predicted molar refractivity (Wildman–Crippen MR) is 185 cm³/mol. The van der Waals surface area contributed by atoms with Gasteiger partial charge in [-0.3, -0.25) is 9.59 Å². The van der Waals surface area contributed by atoms with Gasteiger partial charge in [-0.25, -0.2) is 0 Å². The Balaban J connectivity index is 4.44. The van der Waals surface area contributed by atoms with E-state index >= 15 is 0 Å². The molecule has 0 heterocycles. The van der Waals surface area contributed by atoms with Gasteiger partial charge in [0.05, 0.1) is 40.3 Å². The number of allylic oxidation sites excluding steroid dienone is 2. The monoisotopic (exact) mass is 654 g/mol. The van der Waals surface area contributed by atoms with Gasteiger partial charge >= 0.3 is 11.9 Å². The molecule has 0 aliphatic heterocycles. The lowest BCUT2D eigenvalue weighted by Crippen LogP contribution is -2.55. The number of carbonyl (C=O) groups excluding carboxylic acids is 3. The van der Waals surface area contributed by atoms with Crippen molar-refractivity contribution in [2.45, 2.75) is 174 Å². The SMILES string of the molecule is CCCC/C=C\CCCCCCCC(=O)OC(COCCC(C(=O)[O-])[N+](C)(C)C)COC(=O)CCCCCCCCCCCCC. The molecular formula is C38H71NO7. The minimum absolute atomic E-state index is 0.0418. The van der Waals surface area contributed by atoms with E-state index in [4.69, 9.17) is 14.2 Å². The van der Waals surface area contributed by atoms with E-state index in [2.05, 4.69) is 26.0 Å². The smallest absolute Gasteiger partial charge is 0.306 e. The van der Waals surface area contributed by atoms with Crippen LogP contribution in [-0.2, 0) is 28.6 Å². The highest BCUT2D eigenvalue weighted by Crippen LogP contribution is 2.14. The van der Waals surface area contributed by atoms with Crippen molar-refractivity contribution in [2.24, 2.45) is 0 Å². The zero-order valence-corrected chi connectivity index (χ0v) is 30.5. The van der Waals surface area contributed by atoms with Gasteiger partial charge in [-0.1, -0.05) is 122 Å². The lowest BCUT2D eigenvalue weighted by molar-refractivity contribution is -0.889. The molecule has 0 radical (unpaired) electrons. The van der Waals surface area contributed by atoms with Gasteiger partial charge in [0.2, 0.25) is 0 Å². The van der Waals surface area contributed by atoms with Gasteiger partial charge in [0.15, 0.2) is 6.10 Å². The largest absolute Gasteiger partial charge is 0.544 e. The van der Waals surface area contributed by atoms with Crippen molar-refractivity contribution in [3.8, 4) is 0 Å². The summed E-state index contributed by atoms with van der Waals surface area (Å²) in [6, 6.07) is -0.721.